The van der Waals surface area contributed by atoms with Crippen LogP contribution in [0.25, 0.3) is 22.2 Å². The minimum absolute atomic E-state index is 0.0357. The fourth-order valence-electron chi connectivity index (χ4n) is 2.30. The summed E-state index contributed by atoms with van der Waals surface area (Å²) >= 11 is 0. The second-order valence-electron chi connectivity index (χ2n) is 4.51. The van der Waals surface area contributed by atoms with Crippen molar-refractivity contribution in [2.45, 2.75) is 6.92 Å². The lowest BCUT2D eigenvalue weighted by molar-refractivity contribution is 1.16. The largest absolute Gasteiger partial charge is 0.383 e. The molecule has 0 atom stereocenters. The Morgan fingerprint density at radius 2 is 1.80 bits per heavy atom. The van der Waals surface area contributed by atoms with E-state index in [9.17, 15) is 4.79 Å². The zero-order valence-corrected chi connectivity index (χ0v) is 10.8. The molecule has 0 aliphatic rings. The number of hydrogen-bond donors (Lipinski definition) is 3. The molecule has 20 heavy (non-hydrogen) atoms. The lowest BCUT2D eigenvalue weighted by Gasteiger charge is -2.11. The molecule has 3 rings (SSSR count). The first-order valence-corrected chi connectivity index (χ1v) is 6.09. The molecule has 2 aromatic heterocycles. The number of pyridine rings is 1. The molecule has 5 N–H and O–H groups in total. The molecular formula is C14H13N5O. The van der Waals surface area contributed by atoms with Gasteiger partial charge in [-0.2, -0.15) is 9.97 Å². The highest BCUT2D eigenvalue weighted by Gasteiger charge is 2.15. The van der Waals surface area contributed by atoms with Crippen LogP contribution >= 0.6 is 0 Å². The highest BCUT2D eigenvalue weighted by Crippen LogP contribution is 2.31. The molecule has 0 saturated heterocycles. The third-order valence-electron chi connectivity index (χ3n) is 3.21. The van der Waals surface area contributed by atoms with Crippen LogP contribution in [0.15, 0.2) is 35.1 Å². The van der Waals surface area contributed by atoms with Crippen LogP contribution in [0.2, 0.25) is 0 Å². The first-order chi connectivity index (χ1) is 9.58. The first-order valence-electron chi connectivity index (χ1n) is 6.09. The molecule has 0 radical (unpaired) electrons. The Bertz CT molecular complexity index is 855. The summed E-state index contributed by atoms with van der Waals surface area (Å²) in [6.07, 6.45) is 0. The molecule has 6 heteroatoms. The fourth-order valence-corrected chi connectivity index (χ4v) is 2.30. The molecule has 0 fully saturated rings. The van der Waals surface area contributed by atoms with Gasteiger partial charge in [-0.1, -0.05) is 30.3 Å². The van der Waals surface area contributed by atoms with Gasteiger partial charge in [-0.25, -0.2) is 0 Å². The zero-order valence-electron chi connectivity index (χ0n) is 10.8. The molecule has 0 unspecified atom stereocenters. The number of aromatic amines is 1. The third kappa shape index (κ3) is 1.78. The lowest BCUT2D eigenvalue weighted by Crippen LogP contribution is -2.14. The van der Waals surface area contributed by atoms with Crippen molar-refractivity contribution in [2.24, 2.45) is 0 Å². The summed E-state index contributed by atoms with van der Waals surface area (Å²) < 4.78 is 0. The van der Waals surface area contributed by atoms with Gasteiger partial charge in [0.25, 0.3) is 5.56 Å². The minimum Gasteiger partial charge on any atom is -0.383 e. The molecule has 0 saturated carbocycles. The Morgan fingerprint density at radius 3 is 2.50 bits per heavy atom. The number of nitrogens with one attached hydrogen (secondary N) is 1. The maximum Gasteiger partial charge on any atom is 0.253 e. The van der Waals surface area contributed by atoms with E-state index >= 15 is 0 Å². The van der Waals surface area contributed by atoms with Crippen molar-refractivity contribution in [3.8, 4) is 11.1 Å². The van der Waals surface area contributed by atoms with Crippen LogP contribution in [0.1, 0.15) is 5.56 Å². The van der Waals surface area contributed by atoms with Gasteiger partial charge >= 0.3 is 0 Å². The summed E-state index contributed by atoms with van der Waals surface area (Å²) in [6.45, 7) is 1.75. The number of hydrogen-bond acceptors (Lipinski definition) is 5. The normalized spacial score (nSPS) is 10.8. The summed E-state index contributed by atoms with van der Waals surface area (Å²) in [6, 6.07) is 9.53. The summed E-state index contributed by atoms with van der Waals surface area (Å²) in [5.74, 6) is 0.291. The van der Waals surface area contributed by atoms with Crippen LogP contribution in [0.3, 0.4) is 0 Å². The molecule has 6 nitrogen and oxygen atoms in total. The number of nitrogens with two attached hydrogens (primary N) is 2. The number of anilines is 2. The van der Waals surface area contributed by atoms with Crippen LogP contribution in [-0.4, -0.2) is 15.0 Å². The average Bonchev–Trinajstić information content (AvgIpc) is 2.42. The molecule has 2 heterocycles. The number of H-pyrrole nitrogens is 1. The molecule has 0 aliphatic carbocycles. The lowest BCUT2D eigenvalue weighted by atomic mass is 9.98. The van der Waals surface area contributed by atoms with Crippen LogP contribution in [0, 0.1) is 6.92 Å². The third-order valence-corrected chi connectivity index (χ3v) is 3.21. The van der Waals surface area contributed by atoms with E-state index in [1.54, 1.807) is 6.92 Å². The second kappa shape index (κ2) is 4.34. The topological polar surface area (TPSA) is 111 Å². The van der Waals surface area contributed by atoms with E-state index in [0.29, 0.717) is 16.6 Å². The standard InChI is InChI=1S/C14H13N5O/c1-7-9(8-5-3-2-4-6-8)10-11(15)17-14(16)19-12(10)18-13(7)20/h2-6H,1H3,(H5,15,16,17,18,19,20). The van der Waals surface area contributed by atoms with Crippen LogP contribution < -0.4 is 17.0 Å². The van der Waals surface area contributed by atoms with E-state index in [0.717, 1.165) is 11.1 Å². The highest BCUT2D eigenvalue weighted by molar-refractivity contribution is 6.00. The van der Waals surface area contributed by atoms with E-state index in [1.165, 1.54) is 0 Å². The van der Waals surface area contributed by atoms with E-state index in [4.69, 9.17) is 11.5 Å². The van der Waals surface area contributed by atoms with Gasteiger partial charge in [-0.05, 0) is 12.5 Å². The van der Waals surface area contributed by atoms with Gasteiger partial charge < -0.3 is 16.5 Å². The van der Waals surface area contributed by atoms with Gasteiger partial charge in [0, 0.05) is 11.1 Å². The zero-order chi connectivity index (χ0) is 14.3. The van der Waals surface area contributed by atoms with Crippen molar-refractivity contribution in [2.75, 3.05) is 11.5 Å². The summed E-state index contributed by atoms with van der Waals surface area (Å²) in [5.41, 5.74) is 13.9. The van der Waals surface area contributed by atoms with Gasteiger partial charge in [0.15, 0.2) is 0 Å². The van der Waals surface area contributed by atoms with Crippen molar-refractivity contribution >= 4 is 22.8 Å². The van der Waals surface area contributed by atoms with Crippen LogP contribution in [-0.2, 0) is 0 Å². The Morgan fingerprint density at radius 1 is 1.10 bits per heavy atom. The van der Waals surface area contributed by atoms with Gasteiger partial charge in [-0.3, -0.25) is 4.79 Å². The average molecular weight is 267 g/mol. The van der Waals surface area contributed by atoms with Crippen molar-refractivity contribution in [3.05, 3.63) is 46.2 Å². The molecule has 0 bridgehead atoms. The number of nitrogens with zero attached hydrogens (tertiary/aromatic N) is 2. The van der Waals surface area contributed by atoms with Crippen LogP contribution in [0.4, 0.5) is 11.8 Å². The highest BCUT2D eigenvalue weighted by atomic mass is 16.1. The van der Waals surface area contributed by atoms with E-state index < -0.39 is 0 Å². The molecule has 0 amide bonds. The van der Waals surface area contributed by atoms with Crippen molar-refractivity contribution in [1.82, 2.24) is 15.0 Å². The van der Waals surface area contributed by atoms with E-state index in [2.05, 4.69) is 15.0 Å². The van der Waals surface area contributed by atoms with Crippen molar-refractivity contribution in [1.29, 1.82) is 0 Å². The quantitative estimate of drug-likeness (QED) is 0.618. The number of rotatable bonds is 1. The number of nitrogen functional groups attached to an aromatic ring is 2. The maximum absolute atomic E-state index is 12.1. The minimum atomic E-state index is -0.214. The van der Waals surface area contributed by atoms with E-state index in [1.807, 2.05) is 30.3 Å². The summed E-state index contributed by atoms with van der Waals surface area (Å²) in [7, 11) is 0. The Hall–Kier alpha value is -2.89. The fraction of sp³-hybridized carbons (Fsp3) is 0.0714. The number of aromatic nitrogens is 3. The van der Waals surface area contributed by atoms with Gasteiger partial charge in [-0.15, -0.1) is 0 Å². The predicted octanol–water partition coefficient (Wildman–Crippen LogP) is 1.46. The Balaban J connectivity index is 2.53. The number of benzene rings is 1. The predicted molar refractivity (Wildman–Crippen MR) is 79.2 cm³/mol. The van der Waals surface area contributed by atoms with Gasteiger partial charge in [0.1, 0.15) is 11.5 Å². The Labute approximate surface area is 114 Å². The summed E-state index contributed by atoms with van der Waals surface area (Å²) in [5, 5.41) is 0.613. The monoisotopic (exact) mass is 267 g/mol. The van der Waals surface area contributed by atoms with Gasteiger partial charge in [0.2, 0.25) is 5.95 Å². The maximum atomic E-state index is 12.1. The SMILES string of the molecule is Cc1c(-c2ccccc2)c2c(N)nc(N)nc2[nH]c1=O. The summed E-state index contributed by atoms with van der Waals surface area (Å²) in [4.78, 5) is 22.8. The molecule has 1 aromatic carbocycles. The number of fused-ring (bicyclic) bond motifs is 1. The van der Waals surface area contributed by atoms with Crippen molar-refractivity contribution in [3.63, 3.8) is 0 Å². The smallest absolute Gasteiger partial charge is 0.253 e. The molecule has 0 spiro atoms. The second-order valence-corrected chi connectivity index (χ2v) is 4.51. The Kier molecular flexibility index (Phi) is 2.64. The molecule has 100 valence electrons. The molecule has 0 aliphatic heterocycles. The molecule has 3 aromatic rings. The van der Waals surface area contributed by atoms with Crippen LogP contribution in [0.5, 0.6) is 0 Å². The van der Waals surface area contributed by atoms with Gasteiger partial charge in [0.05, 0.1) is 5.39 Å². The first kappa shape index (κ1) is 12.2. The molecular weight excluding hydrogens is 254 g/mol. The van der Waals surface area contributed by atoms with Crippen molar-refractivity contribution < 1.29 is 0 Å². The van der Waals surface area contributed by atoms with E-state index in [-0.39, 0.29) is 17.3 Å².